The molecule has 33 heavy (non-hydrogen) atoms. The summed E-state index contributed by atoms with van der Waals surface area (Å²) in [6.07, 6.45) is 0.397. The van der Waals surface area contributed by atoms with E-state index >= 15 is 0 Å². The van der Waals surface area contributed by atoms with E-state index in [9.17, 15) is 4.21 Å². The van der Waals surface area contributed by atoms with Crippen LogP contribution in [0.2, 0.25) is 55.9 Å². The zero-order chi connectivity index (χ0) is 26.7. The second-order valence-electron chi connectivity index (χ2n) is 14.3. The molecule has 0 aliphatic carbocycles. The van der Waals surface area contributed by atoms with Crippen LogP contribution in [0.3, 0.4) is 0 Å². The van der Waals surface area contributed by atoms with Crippen molar-refractivity contribution in [2.75, 3.05) is 6.61 Å². The summed E-state index contributed by atoms with van der Waals surface area (Å²) in [7, 11) is -6.78. The highest BCUT2D eigenvalue weighted by molar-refractivity contribution is 7.84. The molecular weight excluding hydrogens is 479 g/mol. The van der Waals surface area contributed by atoms with Gasteiger partial charge < -0.3 is 8.85 Å². The maximum Gasteiger partial charge on any atom is 0.192 e. The monoisotopic (exact) mass is 533 g/mol. The summed E-state index contributed by atoms with van der Waals surface area (Å²) in [6, 6.07) is -0.159. The molecule has 0 saturated heterocycles. The third kappa shape index (κ3) is 11.7. The van der Waals surface area contributed by atoms with E-state index in [1.807, 2.05) is 20.8 Å². The molecule has 0 saturated carbocycles. The summed E-state index contributed by atoms with van der Waals surface area (Å²) in [4.78, 5) is 0. The van der Waals surface area contributed by atoms with Crippen LogP contribution in [-0.4, -0.2) is 52.4 Å². The highest BCUT2D eigenvalue weighted by Gasteiger charge is 2.43. The first-order chi connectivity index (χ1) is 14.3. The zero-order valence-electron chi connectivity index (χ0n) is 24.7. The molecule has 8 heteroatoms. The highest BCUT2D eigenvalue weighted by Crippen LogP contribution is 2.39. The second kappa shape index (κ2) is 11.5. The molecule has 1 N–H and O–H groups in total. The van der Waals surface area contributed by atoms with Crippen molar-refractivity contribution in [2.45, 2.75) is 142 Å². The van der Waals surface area contributed by atoms with Crippen LogP contribution in [-0.2, 0) is 19.8 Å². The average molecular weight is 534 g/mol. The summed E-state index contributed by atoms with van der Waals surface area (Å²) >= 11 is 0. The van der Waals surface area contributed by atoms with Gasteiger partial charge in [0.15, 0.2) is 16.6 Å². The summed E-state index contributed by atoms with van der Waals surface area (Å²) in [5.41, 5.74) is 3.48. The smallest absolute Gasteiger partial charge is 0.192 e. The maximum atomic E-state index is 13.1. The Bertz CT molecular complexity index is 715. The van der Waals surface area contributed by atoms with Gasteiger partial charge in [0.25, 0.3) is 0 Å². The Balaban J connectivity index is 6.23. The Labute approximate surface area is 212 Å². The van der Waals surface area contributed by atoms with E-state index in [4.69, 9.17) is 8.85 Å². The van der Waals surface area contributed by atoms with Crippen molar-refractivity contribution in [3.8, 4) is 11.5 Å². The molecule has 0 amide bonds. The SMILES string of the molecule is CC(C)(C)[S@](=O)N[C@@H](CC#C[Si](C)(C)C)[C@H](CO[Si](C)(C)C(C)(C)C)O[Si](C)(C)C(C)(C)C. The minimum absolute atomic E-state index is 0.0694. The van der Waals surface area contributed by atoms with Crippen LogP contribution < -0.4 is 4.72 Å². The molecule has 0 aromatic rings. The van der Waals surface area contributed by atoms with Gasteiger partial charge >= 0.3 is 0 Å². The Morgan fingerprint density at radius 2 is 1.27 bits per heavy atom. The van der Waals surface area contributed by atoms with E-state index < -0.39 is 35.7 Å². The lowest BCUT2D eigenvalue weighted by Crippen LogP contribution is -2.55. The molecule has 0 fully saturated rings. The molecule has 0 aliphatic heterocycles. The fourth-order valence-electron chi connectivity index (χ4n) is 2.28. The van der Waals surface area contributed by atoms with Gasteiger partial charge in [0, 0.05) is 6.42 Å². The molecule has 0 aromatic heterocycles. The third-order valence-electron chi connectivity index (χ3n) is 6.72. The highest BCUT2D eigenvalue weighted by atomic mass is 32.2. The Hall–Kier alpha value is 0.241. The van der Waals surface area contributed by atoms with Crippen LogP contribution >= 0.6 is 0 Å². The van der Waals surface area contributed by atoms with Gasteiger partial charge in [-0.05, 0) is 57.0 Å². The van der Waals surface area contributed by atoms with E-state index in [0.717, 1.165) is 0 Å². The van der Waals surface area contributed by atoms with Crippen LogP contribution in [0, 0.1) is 11.5 Å². The van der Waals surface area contributed by atoms with E-state index in [-0.39, 0.29) is 27.0 Å². The number of hydrogen-bond donors (Lipinski definition) is 1. The molecule has 0 bridgehead atoms. The molecular formula is C25H55NO3SSi3. The van der Waals surface area contributed by atoms with Gasteiger partial charge in [0.05, 0.1) is 34.5 Å². The fourth-order valence-corrected chi connectivity index (χ4v) is 6.14. The lowest BCUT2D eigenvalue weighted by molar-refractivity contribution is 0.0836. The summed E-state index contributed by atoms with van der Waals surface area (Å²) in [5.74, 6) is 3.42. The molecule has 0 aliphatic rings. The maximum absolute atomic E-state index is 13.1. The van der Waals surface area contributed by atoms with E-state index in [2.05, 4.69) is 104 Å². The Morgan fingerprint density at radius 3 is 1.64 bits per heavy atom. The molecule has 4 nitrogen and oxygen atoms in total. The largest absolute Gasteiger partial charge is 0.414 e. The van der Waals surface area contributed by atoms with Gasteiger partial charge in [-0.25, -0.2) is 8.93 Å². The van der Waals surface area contributed by atoms with Crippen LogP contribution in [0.5, 0.6) is 0 Å². The normalized spacial score (nSPS) is 17.2. The summed E-state index contributed by atoms with van der Waals surface area (Å²) < 4.78 is 29.8. The molecule has 0 aromatic carbocycles. The first-order valence-electron chi connectivity index (χ1n) is 12.3. The minimum Gasteiger partial charge on any atom is -0.414 e. The van der Waals surface area contributed by atoms with Crippen LogP contribution in [0.15, 0.2) is 0 Å². The standard InChI is InChI=1S/C25H55NO3SSi3/c1-23(2,3)30(27)26-21(18-17-19-31(10,11)12)22(29-33(15,16)25(7,8)9)20-28-32(13,14)24(4,5)6/h21-22,26H,18,20H2,1-16H3/t21-,22-,30-/m0/s1. The molecule has 0 rings (SSSR count). The quantitative estimate of drug-likeness (QED) is 0.254. The van der Waals surface area contributed by atoms with Gasteiger partial charge in [0.1, 0.15) is 8.07 Å². The van der Waals surface area contributed by atoms with Gasteiger partial charge in [0.2, 0.25) is 0 Å². The molecule has 0 spiro atoms. The average Bonchev–Trinajstić information content (AvgIpc) is 2.53. The lowest BCUT2D eigenvalue weighted by Gasteiger charge is -2.43. The third-order valence-corrected chi connectivity index (χ3v) is 18.3. The molecule has 0 radical (unpaired) electrons. The summed E-state index contributed by atoms with van der Waals surface area (Å²) in [5, 5.41) is 0.184. The van der Waals surface area contributed by atoms with Crippen molar-refractivity contribution in [3.63, 3.8) is 0 Å². The molecule has 196 valence electrons. The number of nitrogens with one attached hydrogen (secondary N) is 1. The van der Waals surface area contributed by atoms with Crippen LogP contribution in [0.25, 0.3) is 0 Å². The van der Waals surface area contributed by atoms with Crippen molar-refractivity contribution < 1.29 is 13.1 Å². The van der Waals surface area contributed by atoms with Crippen molar-refractivity contribution in [2.24, 2.45) is 0 Å². The van der Waals surface area contributed by atoms with Crippen molar-refractivity contribution in [3.05, 3.63) is 0 Å². The summed E-state index contributed by atoms with van der Waals surface area (Å²) in [6.45, 7) is 35.9. The van der Waals surface area contributed by atoms with Gasteiger partial charge in [-0.3, -0.25) is 0 Å². The molecule has 0 unspecified atom stereocenters. The fraction of sp³-hybridized carbons (Fsp3) is 0.920. The number of rotatable bonds is 9. The first-order valence-corrected chi connectivity index (χ1v) is 22.8. The van der Waals surface area contributed by atoms with Crippen LogP contribution in [0.1, 0.15) is 68.7 Å². The second-order valence-corrected chi connectivity index (χ2v) is 30.7. The Morgan fingerprint density at radius 1 is 0.818 bits per heavy atom. The van der Waals surface area contributed by atoms with E-state index in [1.165, 1.54) is 0 Å². The van der Waals surface area contributed by atoms with Crippen LogP contribution in [0.4, 0.5) is 0 Å². The minimum atomic E-state index is -2.09. The van der Waals surface area contributed by atoms with Gasteiger partial charge in [-0.15, -0.1) is 11.5 Å². The lowest BCUT2D eigenvalue weighted by atomic mass is 10.1. The van der Waals surface area contributed by atoms with E-state index in [0.29, 0.717) is 13.0 Å². The number of hydrogen-bond acceptors (Lipinski definition) is 3. The van der Waals surface area contributed by atoms with Gasteiger partial charge in [-0.1, -0.05) is 61.2 Å². The van der Waals surface area contributed by atoms with Crippen molar-refractivity contribution in [1.82, 2.24) is 4.72 Å². The zero-order valence-corrected chi connectivity index (χ0v) is 28.5. The first kappa shape index (κ1) is 33.2. The molecule has 3 atom stereocenters. The Kier molecular flexibility index (Phi) is 11.6. The van der Waals surface area contributed by atoms with Crippen molar-refractivity contribution >= 4 is 35.7 Å². The van der Waals surface area contributed by atoms with Crippen molar-refractivity contribution in [1.29, 1.82) is 0 Å². The van der Waals surface area contributed by atoms with Gasteiger partial charge in [-0.2, -0.15) is 0 Å². The van der Waals surface area contributed by atoms with E-state index in [1.54, 1.807) is 0 Å². The predicted molar refractivity (Wildman–Crippen MR) is 156 cm³/mol. The predicted octanol–water partition coefficient (Wildman–Crippen LogP) is 7.09. The molecule has 0 heterocycles. The topological polar surface area (TPSA) is 47.6 Å².